The molecule has 138 valence electrons. The van der Waals surface area contributed by atoms with Crippen molar-refractivity contribution in [1.82, 2.24) is 15.5 Å². The third-order valence-electron chi connectivity index (χ3n) is 5.17. The molecular weight excluding hydrogens is 333 g/mol. The third-order valence-corrected chi connectivity index (χ3v) is 5.17. The molecule has 2 unspecified atom stereocenters. The van der Waals surface area contributed by atoms with E-state index in [0.29, 0.717) is 12.3 Å². The Kier molecular flexibility index (Phi) is 10.7. The molecule has 0 radical (unpaired) electrons. The van der Waals surface area contributed by atoms with Crippen LogP contribution >= 0.6 is 24.8 Å². The van der Waals surface area contributed by atoms with Gasteiger partial charge in [0, 0.05) is 25.0 Å². The van der Waals surface area contributed by atoms with Crippen LogP contribution in [0.3, 0.4) is 0 Å². The van der Waals surface area contributed by atoms with Crippen LogP contribution in [0.5, 0.6) is 0 Å². The molecule has 0 aromatic rings. The summed E-state index contributed by atoms with van der Waals surface area (Å²) in [5.41, 5.74) is 0.0687. The highest BCUT2D eigenvalue weighted by Gasteiger charge is 2.30. The molecule has 2 N–H and O–H groups in total. The first-order chi connectivity index (χ1) is 9.97. The van der Waals surface area contributed by atoms with Gasteiger partial charge in [0.1, 0.15) is 0 Å². The molecule has 1 amide bonds. The van der Waals surface area contributed by atoms with Gasteiger partial charge in [-0.1, -0.05) is 6.92 Å². The maximum Gasteiger partial charge on any atom is 0.220 e. The number of rotatable bonds is 6. The van der Waals surface area contributed by atoms with Crippen molar-refractivity contribution in [1.29, 1.82) is 0 Å². The Hall–Kier alpha value is -0.0300. The van der Waals surface area contributed by atoms with Crippen LogP contribution in [0.2, 0.25) is 0 Å². The van der Waals surface area contributed by atoms with Gasteiger partial charge in [-0.25, -0.2) is 0 Å². The molecular formula is C17H35Cl2N3O. The smallest absolute Gasteiger partial charge is 0.220 e. The number of likely N-dealkylation sites (tertiary alicyclic amines) is 1. The molecule has 0 bridgehead atoms. The van der Waals surface area contributed by atoms with Crippen molar-refractivity contribution in [3.8, 4) is 0 Å². The molecule has 2 fully saturated rings. The van der Waals surface area contributed by atoms with E-state index in [2.05, 4.69) is 36.3 Å². The van der Waals surface area contributed by atoms with Gasteiger partial charge in [-0.05, 0) is 71.0 Å². The number of hydrogen-bond donors (Lipinski definition) is 2. The number of amides is 1. The number of nitrogens with zero attached hydrogens (tertiary/aromatic N) is 1. The molecule has 2 saturated heterocycles. The second-order valence-electron chi connectivity index (χ2n) is 7.68. The van der Waals surface area contributed by atoms with Crippen LogP contribution in [0, 0.1) is 11.8 Å². The molecule has 6 heteroatoms. The van der Waals surface area contributed by atoms with Gasteiger partial charge in [-0.15, -0.1) is 24.8 Å². The molecule has 0 saturated carbocycles. The molecule has 2 heterocycles. The fraction of sp³-hybridized carbons (Fsp3) is 0.941. The maximum absolute atomic E-state index is 12.0. The minimum Gasteiger partial charge on any atom is -0.354 e. The molecule has 4 nitrogen and oxygen atoms in total. The lowest BCUT2D eigenvalue weighted by Gasteiger charge is -2.43. The number of nitrogens with one attached hydrogen (secondary N) is 2. The van der Waals surface area contributed by atoms with Crippen molar-refractivity contribution < 1.29 is 4.79 Å². The summed E-state index contributed by atoms with van der Waals surface area (Å²) in [6.45, 7) is 12.1. The zero-order valence-electron chi connectivity index (χ0n) is 14.9. The Morgan fingerprint density at radius 3 is 2.65 bits per heavy atom. The first-order valence-electron chi connectivity index (χ1n) is 8.70. The van der Waals surface area contributed by atoms with Crippen LogP contribution in [-0.4, -0.2) is 49.1 Å². The van der Waals surface area contributed by atoms with E-state index in [0.717, 1.165) is 38.5 Å². The minimum absolute atomic E-state index is 0. The van der Waals surface area contributed by atoms with Crippen LogP contribution in [0.4, 0.5) is 0 Å². The van der Waals surface area contributed by atoms with Gasteiger partial charge < -0.3 is 10.6 Å². The van der Waals surface area contributed by atoms with Gasteiger partial charge >= 0.3 is 0 Å². The van der Waals surface area contributed by atoms with Gasteiger partial charge in [0.25, 0.3) is 0 Å². The van der Waals surface area contributed by atoms with Crippen molar-refractivity contribution in [2.75, 3.05) is 32.7 Å². The normalized spacial score (nSPS) is 25.3. The predicted molar refractivity (Wildman–Crippen MR) is 102 cm³/mol. The van der Waals surface area contributed by atoms with Gasteiger partial charge in [0.2, 0.25) is 5.91 Å². The van der Waals surface area contributed by atoms with Crippen molar-refractivity contribution in [3.63, 3.8) is 0 Å². The number of hydrogen-bond acceptors (Lipinski definition) is 3. The molecule has 23 heavy (non-hydrogen) atoms. The standard InChI is InChI=1S/C17H33N3O.2ClH/c1-14-5-4-10-20(12-14)17(2,3)13-19-16(21)7-6-15-8-9-18-11-15;;/h14-15,18H,4-13H2,1-3H3,(H,19,21);2*1H. The first kappa shape index (κ1) is 23.0. The van der Waals surface area contributed by atoms with Crippen LogP contribution in [-0.2, 0) is 4.79 Å². The Morgan fingerprint density at radius 2 is 2.04 bits per heavy atom. The van der Waals surface area contributed by atoms with E-state index < -0.39 is 0 Å². The summed E-state index contributed by atoms with van der Waals surface area (Å²) in [5, 5.41) is 6.52. The summed E-state index contributed by atoms with van der Waals surface area (Å²) in [5.74, 6) is 1.70. The van der Waals surface area contributed by atoms with Gasteiger partial charge in [0.05, 0.1) is 0 Å². The van der Waals surface area contributed by atoms with E-state index in [4.69, 9.17) is 0 Å². The summed E-state index contributed by atoms with van der Waals surface area (Å²) in [4.78, 5) is 14.6. The molecule has 0 aliphatic carbocycles. The minimum atomic E-state index is 0. The first-order valence-corrected chi connectivity index (χ1v) is 8.70. The summed E-state index contributed by atoms with van der Waals surface area (Å²) in [7, 11) is 0. The predicted octanol–water partition coefficient (Wildman–Crippen LogP) is 2.85. The lowest BCUT2D eigenvalue weighted by Crippen LogP contribution is -2.54. The Morgan fingerprint density at radius 1 is 1.30 bits per heavy atom. The molecule has 2 aliphatic rings. The van der Waals surface area contributed by atoms with E-state index >= 15 is 0 Å². The second-order valence-corrected chi connectivity index (χ2v) is 7.68. The summed E-state index contributed by atoms with van der Waals surface area (Å²) in [6, 6.07) is 0. The third kappa shape index (κ3) is 7.59. The largest absolute Gasteiger partial charge is 0.354 e. The van der Waals surface area contributed by atoms with Gasteiger partial charge in [-0.3, -0.25) is 9.69 Å². The zero-order chi connectivity index (χ0) is 15.3. The number of halogens is 2. The zero-order valence-corrected chi connectivity index (χ0v) is 16.5. The average Bonchev–Trinajstić information content (AvgIpc) is 2.96. The molecule has 0 aromatic heterocycles. The molecule has 0 spiro atoms. The summed E-state index contributed by atoms with van der Waals surface area (Å²) < 4.78 is 0. The highest BCUT2D eigenvalue weighted by Crippen LogP contribution is 2.23. The quantitative estimate of drug-likeness (QED) is 0.758. The Balaban J connectivity index is 0.00000242. The summed E-state index contributed by atoms with van der Waals surface area (Å²) >= 11 is 0. The van der Waals surface area contributed by atoms with E-state index in [1.807, 2.05) is 0 Å². The van der Waals surface area contributed by atoms with Crippen LogP contribution < -0.4 is 10.6 Å². The second kappa shape index (κ2) is 10.8. The highest BCUT2D eigenvalue weighted by molar-refractivity contribution is 5.85. The van der Waals surface area contributed by atoms with Crippen LogP contribution in [0.25, 0.3) is 0 Å². The van der Waals surface area contributed by atoms with E-state index in [9.17, 15) is 4.79 Å². The van der Waals surface area contributed by atoms with Gasteiger partial charge in [-0.2, -0.15) is 0 Å². The molecule has 2 rings (SSSR count). The number of carbonyl (C=O) groups excluding carboxylic acids is 1. The van der Waals surface area contributed by atoms with Crippen molar-refractivity contribution in [3.05, 3.63) is 0 Å². The van der Waals surface area contributed by atoms with Crippen molar-refractivity contribution in [2.24, 2.45) is 11.8 Å². The average molecular weight is 368 g/mol. The molecule has 0 aromatic carbocycles. The fourth-order valence-electron chi connectivity index (χ4n) is 3.55. The molecule has 2 atom stereocenters. The van der Waals surface area contributed by atoms with E-state index in [1.54, 1.807) is 0 Å². The monoisotopic (exact) mass is 367 g/mol. The SMILES string of the molecule is CC1CCCN(C(C)(C)CNC(=O)CCC2CCNC2)C1.Cl.Cl. The summed E-state index contributed by atoms with van der Waals surface area (Å²) in [6.07, 6.45) is 5.56. The fourth-order valence-corrected chi connectivity index (χ4v) is 3.55. The van der Waals surface area contributed by atoms with Crippen LogP contribution in [0.1, 0.15) is 52.9 Å². The topological polar surface area (TPSA) is 44.4 Å². The molecule has 2 aliphatic heterocycles. The Bertz CT molecular complexity index is 347. The van der Waals surface area contributed by atoms with E-state index in [-0.39, 0.29) is 36.3 Å². The highest BCUT2D eigenvalue weighted by atomic mass is 35.5. The lowest BCUT2D eigenvalue weighted by atomic mass is 9.93. The van der Waals surface area contributed by atoms with Crippen molar-refractivity contribution >= 4 is 30.7 Å². The van der Waals surface area contributed by atoms with Crippen LogP contribution in [0.15, 0.2) is 0 Å². The lowest BCUT2D eigenvalue weighted by molar-refractivity contribution is -0.122. The number of piperidine rings is 1. The van der Waals surface area contributed by atoms with E-state index in [1.165, 1.54) is 25.8 Å². The van der Waals surface area contributed by atoms with Gasteiger partial charge in [0.15, 0.2) is 0 Å². The number of carbonyl (C=O) groups is 1. The maximum atomic E-state index is 12.0. The van der Waals surface area contributed by atoms with Crippen molar-refractivity contribution in [2.45, 2.75) is 58.4 Å². The Labute approximate surface area is 154 Å².